The van der Waals surface area contributed by atoms with Gasteiger partial charge in [-0.15, -0.1) is 0 Å². The molecule has 0 saturated heterocycles. The van der Waals surface area contributed by atoms with Gasteiger partial charge in [-0.2, -0.15) is 17.9 Å². The lowest BCUT2D eigenvalue weighted by molar-refractivity contribution is -0.155. The van der Waals surface area contributed by atoms with Gasteiger partial charge in [0.1, 0.15) is 16.7 Å². The Bertz CT molecular complexity index is 582. The smallest absolute Gasteiger partial charge is 0.405 e. The van der Waals surface area contributed by atoms with Gasteiger partial charge in [-0.1, -0.05) is 12.1 Å². The van der Waals surface area contributed by atoms with E-state index in [1.165, 1.54) is 25.3 Å². The molecule has 0 radical (unpaired) electrons. The zero-order valence-electron chi connectivity index (χ0n) is 10.6. The van der Waals surface area contributed by atoms with Crippen LogP contribution >= 0.6 is 0 Å². The monoisotopic (exact) mass is 309 g/mol. The van der Waals surface area contributed by atoms with Crippen molar-refractivity contribution in [2.45, 2.75) is 30.0 Å². The number of hydrogen-bond donors (Lipinski definition) is 1. The third-order valence-electron chi connectivity index (χ3n) is 3.09. The number of para-hydroxylation sites is 1. The number of ether oxygens (including phenoxy) is 1. The molecule has 4 nitrogen and oxygen atoms in total. The number of hydrogen-bond acceptors (Lipinski definition) is 3. The number of halogens is 3. The van der Waals surface area contributed by atoms with Crippen LogP contribution in [0, 0.1) is 5.92 Å². The lowest BCUT2D eigenvalue weighted by atomic mass is 10.2. The SMILES string of the molecule is COc1ccccc1S(=O)(=O)NC(C1CC1)C(F)(F)F. The molecule has 0 spiro atoms. The van der Waals surface area contributed by atoms with E-state index in [1.807, 2.05) is 0 Å². The summed E-state index contributed by atoms with van der Waals surface area (Å²) in [6, 6.07) is 3.52. The first-order valence-electron chi connectivity index (χ1n) is 5.98. The quantitative estimate of drug-likeness (QED) is 0.908. The normalized spacial score (nSPS) is 17.8. The minimum atomic E-state index is -4.60. The Morgan fingerprint density at radius 2 is 1.90 bits per heavy atom. The van der Waals surface area contributed by atoms with Gasteiger partial charge in [-0.25, -0.2) is 8.42 Å². The maximum absolute atomic E-state index is 12.9. The third-order valence-corrected chi connectivity index (χ3v) is 4.57. The van der Waals surface area contributed by atoms with Crippen molar-refractivity contribution in [2.24, 2.45) is 5.92 Å². The molecule has 0 bridgehead atoms. The second kappa shape index (κ2) is 5.25. The minimum absolute atomic E-state index is 0.0109. The fraction of sp³-hybridized carbons (Fsp3) is 0.500. The summed E-state index contributed by atoms with van der Waals surface area (Å²) in [4.78, 5) is -0.294. The van der Waals surface area contributed by atoms with Crippen molar-refractivity contribution >= 4 is 10.0 Å². The van der Waals surface area contributed by atoms with E-state index in [9.17, 15) is 21.6 Å². The first-order chi connectivity index (χ1) is 9.25. The van der Waals surface area contributed by atoms with Gasteiger partial charge < -0.3 is 4.74 Å². The molecular formula is C12H14F3NO3S. The lowest BCUT2D eigenvalue weighted by Gasteiger charge is -2.21. The highest BCUT2D eigenvalue weighted by Crippen LogP contribution is 2.41. The molecule has 0 amide bonds. The first-order valence-corrected chi connectivity index (χ1v) is 7.46. The van der Waals surface area contributed by atoms with Gasteiger partial charge >= 0.3 is 6.18 Å². The molecule has 1 N–H and O–H groups in total. The van der Waals surface area contributed by atoms with Crippen LogP contribution in [-0.4, -0.2) is 27.7 Å². The highest BCUT2D eigenvalue weighted by Gasteiger charge is 2.50. The van der Waals surface area contributed by atoms with Crippen molar-refractivity contribution in [1.29, 1.82) is 0 Å². The summed E-state index contributed by atoms with van der Waals surface area (Å²) in [5.74, 6) is -0.670. The van der Waals surface area contributed by atoms with E-state index in [-0.39, 0.29) is 10.6 Å². The summed E-state index contributed by atoms with van der Waals surface area (Å²) >= 11 is 0. The summed E-state index contributed by atoms with van der Waals surface area (Å²) in [5.41, 5.74) is 0. The average Bonchev–Trinajstić information content (AvgIpc) is 3.19. The summed E-state index contributed by atoms with van der Waals surface area (Å²) in [6.07, 6.45) is -3.85. The Kier molecular flexibility index (Phi) is 3.97. The molecule has 2 rings (SSSR count). The number of rotatable bonds is 5. The molecular weight excluding hydrogens is 295 g/mol. The van der Waals surface area contributed by atoms with Crippen molar-refractivity contribution in [3.63, 3.8) is 0 Å². The Labute approximate surface area is 115 Å². The largest absolute Gasteiger partial charge is 0.495 e. The van der Waals surface area contributed by atoms with Crippen LogP contribution in [-0.2, 0) is 10.0 Å². The topological polar surface area (TPSA) is 55.4 Å². The zero-order chi connectivity index (χ0) is 15.0. The van der Waals surface area contributed by atoms with Crippen LogP contribution in [0.15, 0.2) is 29.2 Å². The Morgan fingerprint density at radius 1 is 1.30 bits per heavy atom. The van der Waals surface area contributed by atoms with E-state index in [0.29, 0.717) is 12.8 Å². The Morgan fingerprint density at radius 3 is 2.40 bits per heavy atom. The number of alkyl halides is 3. The minimum Gasteiger partial charge on any atom is -0.495 e. The highest BCUT2D eigenvalue weighted by molar-refractivity contribution is 7.89. The molecule has 1 aliphatic carbocycles. The van der Waals surface area contributed by atoms with Gasteiger partial charge in [0.15, 0.2) is 0 Å². The van der Waals surface area contributed by atoms with E-state index >= 15 is 0 Å². The predicted octanol–water partition coefficient (Wildman–Crippen LogP) is 2.31. The maximum Gasteiger partial charge on any atom is 0.405 e. The maximum atomic E-state index is 12.9. The van der Waals surface area contributed by atoms with Crippen LogP contribution in [0.2, 0.25) is 0 Å². The molecule has 1 atom stereocenters. The molecule has 0 heterocycles. The van der Waals surface area contributed by atoms with E-state index in [1.54, 1.807) is 10.8 Å². The third kappa shape index (κ3) is 3.24. The van der Waals surface area contributed by atoms with Crippen LogP contribution in [0.1, 0.15) is 12.8 Å². The average molecular weight is 309 g/mol. The predicted molar refractivity (Wildman–Crippen MR) is 65.9 cm³/mol. The summed E-state index contributed by atoms with van der Waals surface area (Å²) in [6.45, 7) is 0. The molecule has 8 heteroatoms. The number of nitrogens with one attached hydrogen (secondary N) is 1. The van der Waals surface area contributed by atoms with E-state index < -0.39 is 28.2 Å². The fourth-order valence-corrected chi connectivity index (χ4v) is 3.39. The van der Waals surface area contributed by atoms with Gasteiger partial charge in [0, 0.05) is 0 Å². The molecule has 1 fully saturated rings. The van der Waals surface area contributed by atoms with Gasteiger partial charge in [0.25, 0.3) is 0 Å². The van der Waals surface area contributed by atoms with Crippen LogP contribution in [0.3, 0.4) is 0 Å². The van der Waals surface area contributed by atoms with Crippen LogP contribution < -0.4 is 9.46 Å². The lowest BCUT2D eigenvalue weighted by Crippen LogP contribution is -2.46. The van der Waals surface area contributed by atoms with Gasteiger partial charge in [0.2, 0.25) is 10.0 Å². The molecule has 0 aliphatic heterocycles. The zero-order valence-corrected chi connectivity index (χ0v) is 11.5. The van der Waals surface area contributed by atoms with Crippen molar-refractivity contribution in [1.82, 2.24) is 4.72 Å². The van der Waals surface area contributed by atoms with Crippen molar-refractivity contribution < 1.29 is 26.3 Å². The fourth-order valence-electron chi connectivity index (χ4n) is 1.93. The van der Waals surface area contributed by atoms with Crippen molar-refractivity contribution in [2.75, 3.05) is 7.11 Å². The van der Waals surface area contributed by atoms with Gasteiger partial charge in [-0.05, 0) is 30.9 Å². The van der Waals surface area contributed by atoms with E-state index in [2.05, 4.69) is 0 Å². The Hall–Kier alpha value is -1.28. The summed E-state index contributed by atoms with van der Waals surface area (Å²) < 4.78 is 69.5. The number of sulfonamides is 1. The van der Waals surface area contributed by atoms with Gasteiger partial charge in [-0.3, -0.25) is 0 Å². The highest BCUT2D eigenvalue weighted by atomic mass is 32.2. The second-order valence-electron chi connectivity index (χ2n) is 4.63. The Balaban J connectivity index is 2.30. The molecule has 0 aromatic heterocycles. The van der Waals surface area contributed by atoms with Crippen molar-refractivity contribution in [3.8, 4) is 5.75 Å². The molecule has 112 valence electrons. The molecule has 1 saturated carbocycles. The van der Waals surface area contributed by atoms with E-state index in [0.717, 1.165) is 0 Å². The molecule has 1 aromatic carbocycles. The van der Waals surface area contributed by atoms with Gasteiger partial charge in [0.05, 0.1) is 7.11 Å². The molecule has 20 heavy (non-hydrogen) atoms. The van der Waals surface area contributed by atoms with Crippen molar-refractivity contribution in [3.05, 3.63) is 24.3 Å². The first kappa shape index (κ1) is 15.1. The standard InChI is InChI=1S/C12H14F3NO3S/c1-19-9-4-2-3-5-10(9)20(17,18)16-11(8-6-7-8)12(13,14)15/h2-5,8,11,16H,6-7H2,1H3. The van der Waals surface area contributed by atoms with Crippen LogP contribution in [0.25, 0.3) is 0 Å². The summed E-state index contributed by atoms with van der Waals surface area (Å²) in [7, 11) is -3.03. The molecule has 1 aromatic rings. The van der Waals surface area contributed by atoms with Crippen LogP contribution in [0.4, 0.5) is 13.2 Å². The molecule has 1 unspecified atom stereocenters. The number of benzene rings is 1. The second-order valence-corrected chi connectivity index (χ2v) is 6.31. The van der Waals surface area contributed by atoms with E-state index in [4.69, 9.17) is 4.74 Å². The summed E-state index contributed by atoms with van der Waals surface area (Å²) in [5, 5.41) is 0. The van der Waals surface area contributed by atoms with Crippen LogP contribution in [0.5, 0.6) is 5.75 Å². The number of methoxy groups -OCH3 is 1. The molecule has 1 aliphatic rings.